The van der Waals surface area contributed by atoms with Crippen LogP contribution in [0.5, 0.6) is 0 Å². The molecule has 6 heteroatoms. The number of anilines is 2. The largest absolute Gasteiger partial charge is 0.368 e. The molecule has 0 atom stereocenters. The van der Waals surface area contributed by atoms with E-state index in [-0.39, 0.29) is 0 Å². The molecule has 2 aliphatic heterocycles. The van der Waals surface area contributed by atoms with E-state index in [4.69, 9.17) is 0 Å². The second-order valence-electron chi connectivity index (χ2n) is 7.43. The molecule has 2 aromatic heterocycles. The van der Waals surface area contributed by atoms with E-state index >= 15 is 0 Å². The molecule has 5 rings (SSSR count). The molecule has 4 heterocycles. The summed E-state index contributed by atoms with van der Waals surface area (Å²) in [6, 6.07) is 13.2. The number of nitrogens with zero attached hydrogens (tertiary/aromatic N) is 6. The maximum absolute atomic E-state index is 4.67. The van der Waals surface area contributed by atoms with E-state index in [2.05, 4.69) is 66.9 Å². The summed E-state index contributed by atoms with van der Waals surface area (Å²) >= 11 is 0. The molecule has 2 saturated heterocycles. The number of hydrogen-bond acceptors (Lipinski definition) is 6. The fourth-order valence-electron chi connectivity index (χ4n) is 4.17. The fourth-order valence-corrected chi connectivity index (χ4v) is 4.17. The van der Waals surface area contributed by atoms with Gasteiger partial charge >= 0.3 is 0 Å². The highest BCUT2D eigenvalue weighted by molar-refractivity contribution is 5.92. The standard InChI is InChI=1S/C21H24N6/c1-16-13-20(18-5-2-3-6-19(18)24-16)27-14-17(15-27)25-9-11-26(12-10-25)21-22-7-4-8-23-21/h2-8,13,17H,9-12,14-15H2,1H3. The number of piperazine rings is 1. The van der Waals surface area contributed by atoms with Crippen molar-refractivity contribution in [3.05, 3.63) is 54.5 Å². The highest BCUT2D eigenvalue weighted by atomic mass is 15.4. The van der Waals surface area contributed by atoms with Crippen molar-refractivity contribution in [2.75, 3.05) is 49.1 Å². The van der Waals surface area contributed by atoms with Gasteiger partial charge in [-0.25, -0.2) is 9.97 Å². The molecule has 2 aliphatic rings. The quantitative estimate of drug-likeness (QED) is 0.715. The van der Waals surface area contributed by atoms with Crippen LogP contribution < -0.4 is 9.80 Å². The second kappa shape index (κ2) is 6.78. The zero-order valence-corrected chi connectivity index (χ0v) is 15.6. The average molecular weight is 360 g/mol. The first-order chi connectivity index (χ1) is 13.3. The van der Waals surface area contributed by atoms with Gasteiger partial charge in [-0.3, -0.25) is 9.88 Å². The SMILES string of the molecule is Cc1cc(N2CC(N3CCN(c4ncccn4)CC3)C2)c2ccccc2n1. The predicted octanol–water partition coefficient (Wildman–Crippen LogP) is 2.34. The molecule has 0 N–H and O–H groups in total. The van der Waals surface area contributed by atoms with Gasteiger partial charge in [0.1, 0.15) is 0 Å². The molecular formula is C21H24N6. The minimum atomic E-state index is 0.635. The molecule has 0 amide bonds. The first-order valence-corrected chi connectivity index (χ1v) is 9.65. The summed E-state index contributed by atoms with van der Waals surface area (Å²) in [5, 5.41) is 1.26. The molecule has 0 bridgehead atoms. The van der Waals surface area contributed by atoms with Gasteiger partial charge in [0, 0.05) is 74.5 Å². The third kappa shape index (κ3) is 3.10. The predicted molar refractivity (Wildman–Crippen MR) is 108 cm³/mol. The van der Waals surface area contributed by atoms with Crippen LogP contribution in [0.4, 0.5) is 11.6 Å². The molecule has 0 saturated carbocycles. The molecule has 0 aliphatic carbocycles. The zero-order chi connectivity index (χ0) is 18.2. The minimum Gasteiger partial charge on any atom is -0.368 e. The molecule has 1 aromatic carbocycles. The molecular weight excluding hydrogens is 336 g/mol. The van der Waals surface area contributed by atoms with Crippen molar-refractivity contribution in [1.82, 2.24) is 19.9 Å². The number of benzene rings is 1. The van der Waals surface area contributed by atoms with E-state index < -0.39 is 0 Å². The number of aryl methyl sites for hydroxylation is 1. The summed E-state index contributed by atoms with van der Waals surface area (Å²) in [6.07, 6.45) is 3.64. The Hall–Kier alpha value is -2.73. The molecule has 0 radical (unpaired) electrons. The summed E-state index contributed by atoms with van der Waals surface area (Å²) in [5.41, 5.74) is 3.50. The summed E-state index contributed by atoms with van der Waals surface area (Å²) in [6.45, 7) is 8.41. The van der Waals surface area contributed by atoms with Crippen LogP contribution in [0.15, 0.2) is 48.8 Å². The van der Waals surface area contributed by atoms with Crippen molar-refractivity contribution in [1.29, 1.82) is 0 Å². The number of aromatic nitrogens is 3. The Labute approximate surface area is 159 Å². The lowest BCUT2D eigenvalue weighted by Crippen LogP contribution is -2.63. The van der Waals surface area contributed by atoms with Crippen LogP contribution in [0.25, 0.3) is 10.9 Å². The van der Waals surface area contributed by atoms with Crippen LogP contribution in [0.1, 0.15) is 5.69 Å². The van der Waals surface area contributed by atoms with E-state index in [1.807, 2.05) is 18.5 Å². The molecule has 6 nitrogen and oxygen atoms in total. The Morgan fingerprint density at radius 1 is 0.889 bits per heavy atom. The van der Waals surface area contributed by atoms with Gasteiger partial charge in [-0.05, 0) is 25.1 Å². The summed E-state index contributed by atoms with van der Waals surface area (Å²) in [7, 11) is 0. The highest BCUT2D eigenvalue weighted by Gasteiger charge is 2.34. The van der Waals surface area contributed by atoms with Crippen molar-refractivity contribution >= 4 is 22.5 Å². The number of para-hydroxylation sites is 1. The first kappa shape index (κ1) is 16.4. The van der Waals surface area contributed by atoms with Crippen molar-refractivity contribution in [2.24, 2.45) is 0 Å². The van der Waals surface area contributed by atoms with E-state index in [0.717, 1.165) is 56.4 Å². The second-order valence-corrected chi connectivity index (χ2v) is 7.43. The highest BCUT2D eigenvalue weighted by Crippen LogP contribution is 2.31. The van der Waals surface area contributed by atoms with Gasteiger partial charge in [0.05, 0.1) is 5.52 Å². The van der Waals surface area contributed by atoms with E-state index in [1.54, 1.807) is 0 Å². The lowest BCUT2D eigenvalue weighted by Gasteiger charge is -2.49. The van der Waals surface area contributed by atoms with Crippen LogP contribution in [-0.4, -0.2) is 65.2 Å². The number of hydrogen-bond donors (Lipinski definition) is 0. The van der Waals surface area contributed by atoms with Crippen LogP contribution in [0, 0.1) is 6.92 Å². The van der Waals surface area contributed by atoms with Crippen molar-refractivity contribution in [3.63, 3.8) is 0 Å². The smallest absolute Gasteiger partial charge is 0.225 e. The summed E-state index contributed by atoms with van der Waals surface area (Å²) in [5.74, 6) is 0.853. The van der Waals surface area contributed by atoms with E-state index in [9.17, 15) is 0 Å². The van der Waals surface area contributed by atoms with Gasteiger partial charge in [0.15, 0.2) is 0 Å². The molecule has 0 unspecified atom stereocenters. The van der Waals surface area contributed by atoms with Crippen LogP contribution in [-0.2, 0) is 0 Å². The Balaban J connectivity index is 1.23. The van der Waals surface area contributed by atoms with Gasteiger partial charge in [-0.1, -0.05) is 18.2 Å². The number of pyridine rings is 1. The molecule has 3 aromatic rings. The molecule has 2 fully saturated rings. The lowest BCUT2D eigenvalue weighted by molar-refractivity contribution is 0.157. The monoisotopic (exact) mass is 360 g/mol. The van der Waals surface area contributed by atoms with Gasteiger partial charge < -0.3 is 9.80 Å². The van der Waals surface area contributed by atoms with E-state index in [0.29, 0.717) is 6.04 Å². The van der Waals surface area contributed by atoms with Gasteiger partial charge in [-0.2, -0.15) is 0 Å². The zero-order valence-electron chi connectivity index (χ0n) is 15.6. The summed E-state index contributed by atoms with van der Waals surface area (Å²) < 4.78 is 0. The molecule has 27 heavy (non-hydrogen) atoms. The third-order valence-electron chi connectivity index (χ3n) is 5.69. The topological polar surface area (TPSA) is 48.4 Å². The number of fused-ring (bicyclic) bond motifs is 1. The number of rotatable bonds is 3. The third-order valence-corrected chi connectivity index (χ3v) is 5.69. The molecule has 0 spiro atoms. The van der Waals surface area contributed by atoms with Crippen molar-refractivity contribution in [3.8, 4) is 0 Å². The fraction of sp³-hybridized carbons (Fsp3) is 0.381. The van der Waals surface area contributed by atoms with Gasteiger partial charge in [0.2, 0.25) is 5.95 Å². The maximum Gasteiger partial charge on any atom is 0.225 e. The van der Waals surface area contributed by atoms with Gasteiger partial charge in [0.25, 0.3) is 0 Å². The summed E-state index contributed by atoms with van der Waals surface area (Å²) in [4.78, 5) is 20.8. The van der Waals surface area contributed by atoms with Crippen LogP contribution in [0.3, 0.4) is 0 Å². The van der Waals surface area contributed by atoms with E-state index in [1.165, 1.54) is 11.1 Å². The Morgan fingerprint density at radius 2 is 1.63 bits per heavy atom. The van der Waals surface area contributed by atoms with Crippen LogP contribution in [0.2, 0.25) is 0 Å². The lowest BCUT2D eigenvalue weighted by atomic mass is 10.0. The van der Waals surface area contributed by atoms with Crippen molar-refractivity contribution in [2.45, 2.75) is 13.0 Å². The van der Waals surface area contributed by atoms with Gasteiger partial charge in [-0.15, -0.1) is 0 Å². The Bertz CT molecular complexity index is 930. The maximum atomic E-state index is 4.67. The van der Waals surface area contributed by atoms with Crippen molar-refractivity contribution < 1.29 is 0 Å². The Morgan fingerprint density at radius 3 is 2.41 bits per heavy atom. The molecule has 138 valence electrons. The first-order valence-electron chi connectivity index (χ1n) is 9.65. The average Bonchev–Trinajstić information content (AvgIpc) is 2.68. The van der Waals surface area contributed by atoms with Crippen LogP contribution >= 0.6 is 0 Å². The normalized spacial score (nSPS) is 18.7. The minimum absolute atomic E-state index is 0.635. The Kier molecular flexibility index (Phi) is 4.13.